The Kier molecular flexibility index (Phi) is 2.66. The Labute approximate surface area is 74.7 Å². The number of rotatable bonds is 3. The summed E-state index contributed by atoms with van der Waals surface area (Å²) in [5, 5.41) is 3.47. The number of nitrogens with one attached hydrogen (secondary N) is 1. The number of ether oxygens (including phenoxy) is 1. The third kappa shape index (κ3) is 1.50. The van der Waals surface area contributed by atoms with E-state index in [1.807, 2.05) is 0 Å². The van der Waals surface area contributed by atoms with Gasteiger partial charge in [0, 0.05) is 12.0 Å². The smallest absolute Gasteiger partial charge is 0.0531 e. The molecule has 70 valence electrons. The Bertz CT molecular complexity index is 139. The molecular formula is C10H19NO. The number of hydrogen-bond acceptors (Lipinski definition) is 2. The molecule has 1 saturated heterocycles. The topological polar surface area (TPSA) is 21.3 Å². The van der Waals surface area contributed by atoms with Crippen LogP contribution in [-0.2, 0) is 4.74 Å². The minimum Gasteiger partial charge on any atom is -0.381 e. The summed E-state index contributed by atoms with van der Waals surface area (Å²) in [6.07, 6.45) is 5.75. The van der Waals surface area contributed by atoms with Crippen molar-refractivity contribution in [3.63, 3.8) is 0 Å². The van der Waals surface area contributed by atoms with Crippen LogP contribution < -0.4 is 5.32 Å². The average molecular weight is 169 g/mol. The van der Waals surface area contributed by atoms with E-state index >= 15 is 0 Å². The number of hydrogen-bond donors (Lipinski definition) is 1. The maximum atomic E-state index is 5.24. The van der Waals surface area contributed by atoms with Gasteiger partial charge >= 0.3 is 0 Å². The summed E-state index contributed by atoms with van der Waals surface area (Å²) in [6, 6.07) is 0.737. The fourth-order valence-electron chi connectivity index (χ4n) is 2.63. The van der Waals surface area contributed by atoms with Crippen LogP contribution in [0.4, 0.5) is 0 Å². The zero-order valence-corrected chi connectivity index (χ0v) is 7.88. The lowest BCUT2D eigenvalue weighted by atomic mass is 9.86. The van der Waals surface area contributed by atoms with Gasteiger partial charge in [0.2, 0.25) is 0 Å². The van der Waals surface area contributed by atoms with Crippen LogP contribution in [0.3, 0.4) is 0 Å². The first-order chi connectivity index (χ1) is 5.92. The molecule has 0 radical (unpaired) electrons. The second-order valence-electron chi connectivity index (χ2n) is 4.16. The van der Waals surface area contributed by atoms with Crippen LogP contribution in [0.2, 0.25) is 0 Å². The van der Waals surface area contributed by atoms with Gasteiger partial charge in [-0.2, -0.15) is 0 Å². The lowest BCUT2D eigenvalue weighted by Gasteiger charge is -2.37. The largest absolute Gasteiger partial charge is 0.381 e. The van der Waals surface area contributed by atoms with Crippen LogP contribution >= 0.6 is 0 Å². The van der Waals surface area contributed by atoms with E-state index in [1.54, 1.807) is 0 Å². The molecule has 1 N–H and O–H groups in total. The van der Waals surface area contributed by atoms with Crippen LogP contribution in [0.5, 0.6) is 0 Å². The molecule has 2 nitrogen and oxygen atoms in total. The van der Waals surface area contributed by atoms with Crippen LogP contribution in [0.1, 0.15) is 25.7 Å². The molecule has 2 heteroatoms. The standard InChI is InChI=1S/C10H19NO/c1-11-10(9-6-12-7-9)8-4-2-3-5-8/h8-11H,2-7H2,1H3. The zero-order chi connectivity index (χ0) is 8.39. The maximum Gasteiger partial charge on any atom is 0.0531 e. The van der Waals surface area contributed by atoms with E-state index in [9.17, 15) is 0 Å². The molecule has 0 aromatic carbocycles. The van der Waals surface area contributed by atoms with Crippen LogP contribution in [-0.4, -0.2) is 26.3 Å². The Morgan fingerprint density at radius 3 is 2.25 bits per heavy atom. The second-order valence-corrected chi connectivity index (χ2v) is 4.16. The molecule has 1 unspecified atom stereocenters. The first-order valence-corrected chi connectivity index (χ1v) is 5.17. The van der Waals surface area contributed by atoms with Gasteiger partial charge in [-0.05, 0) is 25.8 Å². The lowest BCUT2D eigenvalue weighted by molar-refractivity contribution is -0.0577. The van der Waals surface area contributed by atoms with E-state index in [1.165, 1.54) is 25.7 Å². The van der Waals surface area contributed by atoms with Crippen LogP contribution in [0.25, 0.3) is 0 Å². The van der Waals surface area contributed by atoms with E-state index in [0.717, 1.165) is 31.1 Å². The molecule has 1 saturated carbocycles. The molecule has 2 aliphatic rings. The highest BCUT2D eigenvalue weighted by atomic mass is 16.5. The summed E-state index contributed by atoms with van der Waals surface area (Å²) in [4.78, 5) is 0. The highest BCUT2D eigenvalue weighted by molar-refractivity contribution is 4.87. The molecule has 2 fully saturated rings. The predicted molar refractivity (Wildman–Crippen MR) is 49.1 cm³/mol. The van der Waals surface area contributed by atoms with E-state index in [2.05, 4.69) is 12.4 Å². The van der Waals surface area contributed by atoms with E-state index in [0.29, 0.717) is 0 Å². The summed E-state index contributed by atoms with van der Waals surface area (Å²) < 4.78 is 5.24. The normalized spacial score (nSPS) is 28.8. The fourth-order valence-corrected chi connectivity index (χ4v) is 2.63. The summed E-state index contributed by atoms with van der Waals surface area (Å²) in [5.41, 5.74) is 0. The SMILES string of the molecule is CNC(C1CCCC1)C1COC1. The van der Waals surface area contributed by atoms with Crippen LogP contribution in [0, 0.1) is 11.8 Å². The van der Waals surface area contributed by atoms with Crippen molar-refractivity contribution in [3.8, 4) is 0 Å². The fraction of sp³-hybridized carbons (Fsp3) is 1.00. The van der Waals surface area contributed by atoms with Gasteiger partial charge in [-0.25, -0.2) is 0 Å². The monoisotopic (exact) mass is 169 g/mol. The molecule has 1 aliphatic heterocycles. The van der Waals surface area contributed by atoms with Gasteiger partial charge in [-0.15, -0.1) is 0 Å². The second kappa shape index (κ2) is 3.75. The van der Waals surface area contributed by atoms with Crippen molar-refractivity contribution < 1.29 is 4.74 Å². The molecule has 1 atom stereocenters. The molecule has 12 heavy (non-hydrogen) atoms. The van der Waals surface area contributed by atoms with Crippen molar-refractivity contribution in [1.82, 2.24) is 5.32 Å². The summed E-state index contributed by atoms with van der Waals surface area (Å²) in [7, 11) is 2.10. The van der Waals surface area contributed by atoms with Gasteiger partial charge < -0.3 is 10.1 Å². The van der Waals surface area contributed by atoms with Crippen molar-refractivity contribution in [1.29, 1.82) is 0 Å². The van der Waals surface area contributed by atoms with Crippen molar-refractivity contribution >= 4 is 0 Å². The Morgan fingerprint density at radius 1 is 1.17 bits per heavy atom. The molecule has 0 bridgehead atoms. The Morgan fingerprint density at radius 2 is 1.83 bits per heavy atom. The quantitative estimate of drug-likeness (QED) is 0.689. The highest BCUT2D eigenvalue weighted by Gasteiger charge is 2.34. The molecule has 0 aromatic rings. The molecule has 0 spiro atoms. The van der Waals surface area contributed by atoms with Crippen molar-refractivity contribution in [3.05, 3.63) is 0 Å². The van der Waals surface area contributed by atoms with Gasteiger partial charge in [-0.1, -0.05) is 12.8 Å². The van der Waals surface area contributed by atoms with E-state index in [4.69, 9.17) is 4.74 Å². The first kappa shape index (κ1) is 8.52. The van der Waals surface area contributed by atoms with Crippen molar-refractivity contribution in [2.45, 2.75) is 31.7 Å². The van der Waals surface area contributed by atoms with Gasteiger partial charge in [0.25, 0.3) is 0 Å². The molecule has 2 rings (SSSR count). The molecule has 1 aliphatic carbocycles. The van der Waals surface area contributed by atoms with E-state index < -0.39 is 0 Å². The molecule has 1 heterocycles. The minimum absolute atomic E-state index is 0.737. The minimum atomic E-state index is 0.737. The van der Waals surface area contributed by atoms with Gasteiger partial charge in [0.05, 0.1) is 13.2 Å². The highest BCUT2D eigenvalue weighted by Crippen LogP contribution is 2.32. The maximum absolute atomic E-state index is 5.24. The van der Waals surface area contributed by atoms with Gasteiger partial charge in [0.15, 0.2) is 0 Å². The molecule has 0 amide bonds. The Hall–Kier alpha value is -0.0800. The van der Waals surface area contributed by atoms with Crippen molar-refractivity contribution in [2.24, 2.45) is 11.8 Å². The third-order valence-electron chi connectivity index (χ3n) is 3.41. The van der Waals surface area contributed by atoms with Gasteiger partial charge in [0.1, 0.15) is 0 Å². The summed E-state index contributed by atoms with van der Waals surface area (Å²) >= 11 is 0. The first-order valence-electron chi connectivity index (χ1n) is 5.17. The molecular weight excluding hydrogens is 150 g/mol. The summed E-state index contributed by atoms with van der Waals surface area (Å²) in [5.74, 6) is 1.74. The Balaban J connectivity index is 1.87. The van der Waals surface area contributed by atoms with Crippen LogP contribution in [0.15, 0.2) is 0 Å². The predicted octanol–water partition coefficient (Wildman–Crippen LogP) is 1.41. The van der Waals surface area contributed by atoms with E-state index in [-0.39, 0.29) is 0 Å². The van der Waals surface area contributed by atoms with Gasteiger partial charge in [-0.3, -0.25) is 0 Å². The molecule has 0 aromatic heterocycles. The zero-order valence-electron chi connectivity index (χ0n) is 7.88. The summed E-state index contributed by atoms with van der Waals surface area (Å²) in [6.45, 7) is 1.98. The average Bonchev–Trinajstić information content (AvgIpc) is 2.47. The van der Waals surface area contributed by atoms with Crippen molar-refractivity contribution in [2.75, 3.05) is 20.3 Å². The lowest BCUT2D eigenvalue weighted by Crippen LogP contribution is -2.48. The third-order valence-corrected chi connectivity index (χ3v) is 3.41.